The molecule has 5 rings (SSSR count). The van der Waals surface area contributed by atoms with E-state index in [1.807, 2.05) is 0 Å². The van der Waals surface area contributed by atoms with Gasteiger partial charge in [-0.15, -0.1) is 0 Å². The Morgan fingerprint density at radius 2 is 0.719 bits per heavy atom. The SMILES string of the molecule is Cc1ccc(-c2ccc(-c3cc(-c4ccc(C)cc4)ccc3-c3ccccc3)cc2)cc1. The topological polar surface area (TPSA) is 0 Å². The lowest BCUT2D eigenvalue weighted by molar-refractivity contribution is 1.46. The highest BCUT2D eigenvalue weighted by molar-refractivity contribution is 5.87. The van der Waals surface area contributed by atoms with Crippen LogP contribution in [0.3, 0.4) is 0 Å². The van der Waals surface area contributed by atoms with E-state index in [0.29, 0.717) is 0 Å². The van der Waals surface area contributed by atoms with Crippen molar-refractivity contribution in [1.82, 2.24) is 0 Å². The zero-order valence-corrected chi connectivity index (χ0v) is 18.5. The second kappa shape index (κ2) is 8.69. The summed E-state index contributed by atoms with van der Waals surface area (Å²) in [4.78, 5) is 0. The number of aryl methyl sites for hydroxylation is 2. The fourth-order valence-corrected chi connectivity index (χ4v) is 4.17. The Balaban J connectivity index is 1.61. The minimum Gasteiger partial charge on any atom is -0.0622 e. The molecule has 0 saturated heterocycles. The molecule has 0 radical (unpaired) electrons. The van der Waals surface area contributed by atoms with E-state index in [1.165, 1.54) is 55.6 Å². The van der Waals surface area contributed by atoms with Crippen molar-refractivity contribution in [1.29, 1.82) is 0 Å². The number of hydrogen-bond donors (Lipinski definition) is 0. The summed E-state index contributed by atoms with van der Waals surface area (Å²) in [5, 5.41) is 0. The van der Waals surface area contributed by atoms with Gasteiger partial charge in [0, 0.05) is 0 Å². The molecule has 0 heterocycles. The summed E-state index contributed by atoms with van der Waals surface area (Å²) in [6, 6.07) is 43.9. The van der Waals surface area contributed by atoms with Crippen LogP contribution in [-0.4, -0.2) is 0 Å². The van der Waals surface area contributed by atoms with Crippen LogP contribution in [0.4, 0.5) is 0 Å². The Bertz CT molecular complexity index is 1320. The van der Waals surface area contributed by atoms with Crippen molar-refractivity contribution in [2.24, 2.45) is 0 Å². The van der Waals surface area contributed by atoms with E-state index in [-0.39, 0.29) is 0 Å². The van der Waals surface area contributed by atoms with Crippen LogP contribution in [0, 0.1) is 13.8 Å². The van der Waals surface area contributed by atoms with Crippen LogP contribution < -0.4 is 0 Å². The summed E-state index contributed by atoms with van der Waals surface area (Å²) in [6.07, 6.45) is 0. The fourth-order valence-electron chi connectivity index (χ4n) is 4.17. The van der Waals surface area contributed by atoms with Gasteiger partial charge in [-0.25, -0.2) is 0 Å². The summed E-state index contributed by atoms with van der Waals surface area (Å²) in [5.74, 6) is 0. The van der Waals surface area contributed by atoms with Gasteiger partial charge in [0.15, 0.2) is 0 Å². The quantitative estimate of drug-likeness (QED) is 0.277. The van der Waals surface area contributed by atoms with E-state index >= 15 is 0 Å². The standard InChI is InChI=1S/C32H26/c1-23-8-12-25(13-9-23)26-16-18-29(19-17-26)32-22-30(27-14-10-24(2)11-15-27)20-21-31(32)28-6-4-3-5-7-28/h3-22H,1-2H3. The van der Waals surface area contributed by atoms with Crippen molar-refractivity contribution in [2.45, 2.75) is 13.8 Å². The van der Waals surface area contributed by atoms with E-state index in [9.17, 15) is 0 Å². The van der Waals surface area contributed by atoms with Gasteiger partial charge in [-0.1, -0.05) is 126 Å². The zero-order chi connectivity index (χ0) is 21.9. The second-order valence-corrected chi connectivity index (χ2v) is 8.44. The van der Waals surface area contributed by atoms with Crippen LogP contribution >= 0.6 is 0 Å². The first-order valence-corrected chi connectivity index (χ1v) is 11.1. The molecule has 5 aromatic carbocycles. The van der Waals surface area contributed by atoms with Crippen LogP contribution in [0.2, 0.25) is 0 Å². The van der Waals surface area contributed by atoms with Crippen LogP contribution in [0.25, 0.3) is 44.5 Å². The van der Waals surface area contributed by atoms with Gasteiger partial charge >= 0.3 is 0 Å². The molecule has 0 aliphatic rings. The van der Waals surface area contributed by atoms with Gasteiger partial charge in [0.25, 0.3) is 0 Å². The normalized spacial score (nSPS) is 10.8. The predicted octanol–water partition coefficient (Wildman–Crippen LogP) is 8.97. The van der Waals surface area contributed by atoms with E-state index in [0.717, 1.165) is 0 Å². The fraction of sp³-hybridized carbons (Fsp3) is 0.0625. The molecular formula is C32H26. The van der Waals surface area contributed by atoms with Crippen molar-refractivity contribution in [3.8, 4) is 44.5 Å². The van der Waals surface area contributed by atoms with Gasteiger partial charge in [-0.05, 0) is 64.4 Å². The lowest BCUT2D eigenvalue weighted by atomic mass is 9.90. The summed E-state index contributed by atoms with van der Waals surface area (Å²) in [5.41, 5.74) is 12.5. The van der Waals surface area contributed by atoms with Crippen LogP contribution in [0.15, 0.2) is 121 Å². The number of rotatable bonds is 4. The van der Waals surface area contributed by atoms with E-state index in [4.69, 9.17) is 0 Å². The van der Waals surface area contributed by atoms with Crippen LogP contribution in [0.1, 0.15) is 11.1 Å². The summed E-state index contributed by atoms with van der Waals surface area (Å²) < 4.78 is 0. The molecule has 0 saturated carbocycles. The Morgan fingerprint density at radius 1 is 0.312 bits per heavy atom. The molecule has 0 heteroatoms. The molecule has 0 nitrogen and oxygen atoms in total. The van der Waals surface area contributed by atoms with Gasteiger partial charge in [0.05, 0.1) is 0 Å². The first-order valence-electron chi connectivity index (χ1n) is 11.1. The lowest BCUT2D eigenvalue weighted by Crippen LogP contribution is -1.88. The van der Waals surface area contributed by atoms with E-state index in [1.54, 1.807) is 0 Å². The van der Waals surface area contributed by atoms with Gasteiger partial charge in [0.1, 0.15) is 0 Å². The van der Waals surface area contributed by atoms with Crippen molar-refractivity contribution < 1.29 is 0 Å². The van der Waals surface area contributed by atoms with E-state index < -0.39 is 0 Å². The molecule has 32 heavy (non-hydrogen) atoms. The highest BCUT2D eigenvalue weighted by atomic mass is 14.1. The van der Waals surface area contributed by atoms with Crippen molar-refractivity contribution in [3.63, 3.8) is 0 Å². The molecule has 0 aliphatic heterocycles. The minimum absolute atomic E-state index is 1.23. The second-order valence-electron chi connectivity index (χ2n) is 8.44. The summed E-state index contributed by atoms with van der Waals surface area (Å²) >= 11 is 0. The smallest absolute Gasteiger partial charge is 0.00992 e. The Kier molecular flexibility index (Phi) is 5.44. The lowest BCUT2D eigenvalue weighted by Gasteiger charge is -2.14. The Morgan fingerprint density at radius 3 is 1.28 bits per heavy atom. The van der Waals surface area contributed by atoms with Gasteiger partial charge in [-0.3, -0.25) is 0 Å². The molecule has 0 aliphatic carbocycles. The molecule has 0 N–H and O–H groups in total. The molecule has 0 fully saturated rings. The van der Waals surface area contributed by atoms with Gasteiger partial charge in [-0.2, -0.15) is 0 Å². The molecule has 0 aromatic heterocycles. The third-order valence-electron chi connectivity index (χ3n) is 6.07. The first-order chi connectivity index (χ1) is 15.7. The van der Waals surface area contributed by atoms with E-state index in [2.05, 4.69) is 135 Å². The largest absolute Gasteiger partial charge is 0.0622 e. The Labute approximate surface area is 190 Å². The number of benzene rings is 5. The molecule has 0 spiro atoms. The molecular weight excluding hydrogens is 384 g/mol. The summed E-state index contributed by atoms with van der Waals surface area (Å²) in [7, 11) is 0. The molecule has 0 atom stereocenters. The maximum atomic E-state index is 2.33. The molecule has 0 unspecified atom stereocenters. The average molecular weight is 411 g/mol. The Hall–Kier alpha value is -3.90. The highest BCUT2D eigenvalue weighted by Gasteiger charge is 2.10. The van der Waals surface area contributed by atoms with Gasteiger partial charge < -0.3 is 0 Å². The zero-order valence-electron chi connectivity index (χ0n) is 18.5. The van der Waals surface area contributed by atoms with Crippen LogP contribution in [-0.2, 0) is 0 Å². The molecule has 0 bridgehead atoms. The third kappa shape index (κ3) is 4.13. The van der Waals surface area contributed by atoms with Crippen molar-refractivity contribution in [2.75, 3.05) is 0 Å². The number of hydrogen-bond acceptors (Lipinski definition) is 0. The summed E-state index contributed by atoms with van der Waals surface area (Å²) in [6.45, 7) is 4.25. The monoisotopic (exact) mass is 410 g/mol. The first kappa shape index (κ1) is 20.0. The molecule has 0 amide bonds. The van der Waals surface area contributed by atoms with Crippen molar-refractivity contribution >= 4 is 0 Å². The maximum Gasteiger partial charge on any atom is -0.00992 e. The molecule has 154 valence electrons. The molecule has 5 aromatic rings. The van der Waals surface area contributed by atoms with Crippen molar-refractivity contribution in [3.05, 3.63) is 132 Å². The third-order valence-corrected chi connectivity index (χ3v) is 6.07. The minimum atomic E-state index is 1.23. The van der Waals surface area contributed by atoms with Gasteiger partial charge in [0.2, 0.25) is 0 Å². The highest BCUT2D eigenvalue weighted by Crippen LogP contribution is 2.36. The van der Waals surface area contributed by atoms with Crippen LogP contribution in [0.5, 0.6) is 0 Å². The average Bonchev–Trinajstić information content (AvgIpc) is 2.85. The predicted molar refractivity (Wildman–Crippen MR) is 138 cm³/mol. The maximum absolute atomic E-state index is 2.33.